The summed E-state index contributed by atoms with van der Waals surface area (Å²) in [5, 5.41) is 3.11. The van der Waals surface area contributed by atoms with Gasteiger partial charge >= 0.3 is 0 Å². The summed E-state index contributed by atoms with van der Waals surface area (Å²) in [7, 11) is 1.88. The summed E-state index contributed by atoms with van der Waals surface area (Å²) in [5.41, 5.74) is 4.32. The molecule has 3 nitrogen and oxygen atoms in total. The van der Waals surface area contributed by atoms with Crippen molar-refractivity contribution in [3.8, 4) is 11.4 Å². The minimum Gasteiger partial charge on any atom is -0.373 e. The summed E-state index contributed by atoms with van der Waals surface area (Å²) >= 11 is 3.54. The predicted molar refractivity (Wildman–Crippen MR) is 78.9 cm³/mol. The Morgan fingerprint density at radius 1 is 1.11 bits per heavy atom. The van der Waals surface area contributed by atoms with Crippen LogP contribution in [0.25, 0.3) is 11.4 Å². The Hall–Kier alpha value is -1.42. The predicted octanol–water partition coefficient (Wildman–Crippen LogP) is 3.87. The first kappa shape index (κ1) is 13.0. The minimum absolute atomic E-state index is 0.753. The topological polar surface area (TPSA) is 37.8 Å². The standard InChI is InChI=1S/C14H16BrN3/c1-8-5-6-11(7-12(8)15)14-17-10(3)9(2)13(16-4)18-14/h5-7H,1-4H3,(H,16,17,18). The van der Waals surface area contributed by atoms with E-state index in [2.05, 4.69) is 50.3 Å². The number of rotatable bonds is 2. The molecule has 0 saturated carbocycles. The molecule has 0 saturated heterocycles. The highest BCUT2D eigenvalue weighted by Gasteiger charge is 2.09. The van der Waals surface area contributed by atoms with Gasteiger partial charge in [0.1, 0.15) is 5.82 Å². The largest absolute Gasteiger partial charge is 0.373 e. The lowest BCUT2D eigenvalue weighted by Crippen LogP contribution is -2.02. The van der Waals surface area contributed by atoms with E-state index in [4.69, 9.17) is 0 Å². The third-order valence-corrected chi connectivity index (χ3v) is 3.91. The number of nitrogens with zero attached hydrogens (tertiary/aromatic N) is 2. The molecule has 4 heteroatoms. The number of aromatic nitrogens is 2. The van der Waals surface area contributed by atoms with Crippen LogP contribution < -0.4 is 5.32 Å². The van der Waals surface area contributed by atoms with Crippen molar-refractivity contribution in [3.63, 3.8) is 0 Å². The van der Waals surface area contributed by atoms with E-state index in [9.17, 15) is 0 Å². The lowest BCUT2D eigenvalue weighted by molar-refractivity contribution is 1.07. The van der Waals surface area contributed by atoms with Crippen LogP contribution in [0.2, 0.25) is 0 Å². The molecule has 0 atom stereocenters. The molecule has 0 radical (unpaired) electrons. The second-order valence-corrected chi connectivity index (χ2v) is 5.17. The fraction of sp³-hybridized carbons (Fsp3) is 0.286. The lowest BCUT2D eigenvalue weighted by atomic mass is 10.1. The molecule has 1 aromatic heterocycles. The van der Waals surface area contributed by atoms with Crippen LogP contribution in [0.5, 0.6) is 0 Å². The Labute approximate surface area is 116 Å². The summed E-state index contributed by atoms with van der Waals surface area (Å²) in [6, 6.07) is 6.17. The molecule has 0 spiro atoms. The number of anilines is 1. The van der Waals surface area contributed by atoms with Gasteiger partial charge in [-0.05, 0) is 32.4 Å². The van der Waals surface area contributed by atoms with Crippen LogP contribution in [-0.4, -0.2) is 17.0 Å². The Bertz CT molecular complexity index is 594. The summed E-state index contributed by atoms with van der Waals surface area (Å²) in [4.78, 5) is 9.10. The zero-order chi connectivity index (χ0) is 13.3. The maximum atomic E-state index is 4.55. The van der Waals surface area contributed by atoms with Crippen LogP contribution in [0.15, 0.2) is 22.7 Å². The third kappa shape index (κ3) is 2.38. The lowest BCUT2D eigenvalue weighted by Gasteiger charge is -2.10. The van der Waals surface area contributed by atoms with Crippen LogP contribution in [0, 0.1) is 20.8 Å². The molecule has 2 aromatic rings. The maximum Gasteiger partial charge on any atom is 0.161 e. The summed E-state index contributed by atoms with van der Waals surface area (Å²) < 4.78 is 1.08. The maximum absolute atomic E-state index is 4.55. The second kappa shape index (κ2) is 5.06. The van der Waals surface area contributed by atoms with Gasteiger partial charge in [-0.1, -0.05) is 28.1 Å². The number of halogens is 1. The number of benzene rings is 1. The van der Waals surface area contributed by atoms with Crippen molar-refractivity contribution < 1.29 is 0 Å². The van der Waals surface area contributed by atoms with Gasteiger partial charge in [0, 0.05) is 28.3 Å². The molecule has 0 amide bonds. The Kier molecular flexibility index (Phi) is 3.66. The van der Waals surface area contributed by atoms with Crippen molar-refractivity contribution in [3.05, 3.63) is 39.5 Å². The van der Waals surface area contributed by atoms with Gasteiger partial charge in [0.25, 0.3) is 0 Å². The van der Waals surface area contributed by atoms with E-state index in [1.807, 2.05) is 27.0 Å². The summed E-state index contributed by atoms with van der Waals surface area (Å²) in [6.45, 7) is 6.09. The van der Waals surface area contributed by atoms with Gasteiger partial charge < -0.3 is 5.32 Å². The first-order valence-corrected chi connectivity index (χ1v) is 6.61. The zero-order valence-electron chi connectivity index (χ0n) is 11.0. The van der Waals surface area contributed by atoms with E-state index in [1.54, 1.807) is 0 Å². The second-order valence-electron chi connectivity index (χ2n) is 4.32. The van der Waals surface area contributed by atoms with E-state index in [-0.39, 0.29) is 0 Å². The van der Waals surface area contributed by atoms with Gasteiger partial charge in [0.2, 0.25) is 0 Å². The summed E-state index contributed by atoms with van der Waals surface area (Å²) in [6.07, 6.45) is 0. The number of aryl methyl sites for hydroxylation is 2. The fourth-order valence-electron chi connectivity index (χ4n) is 1.73. The van der Waals surface area contributed by atoms with Crippen LogP contribution in [0.3, 0.4) is 0 Å². The van der Waals surface area contributed by atoms with Crippen LogP contribution in [-0.2, 0) is 0 Å². The highest BCUT2D eigenvalue weighted by molar-refractivity contribution is 9.10. The van der Waals surface area contributed by atoms with Crippen LogP contribution in [0.1, 0.15) is 16.8 Å². The molecular weight excluding hydrogens is 290 g/mol. The molecule has 1 N–H and O–H groups in total. The van der Waals surface area contributed by atoms with Crippen molar-refractivity contribution in [2.45, 2.75) is 20.8 Å². The first-order chi connectivity index (χ1) is 8.52. The molecule has 0 bridgehead atoms. The number of hydrogen-bond acceptors (Lipinski definition) is 3. The first-order valence-electron chi connectivity index (χ1n) is 5.82. The molecule has 94 valence electrons. The van der Waals surface area contributed by atoms with Gasteiger partial charge in [-0.3, -0.25) is 0 Å². The Morgan fingerprint density at radius 3 is 2.44 bits per heavy atom. The molecule has 2 rings (SSSR count). The molecule has 1 aromatic carbocycles. The number of nitrogens with one attached hydrogen (secondary N) is 1. The van der Waals surface area contributed by atoms with E-state index in [0.29, 0.717) is 0 Å². The summed E-state index contributed by atoms with van der Waals surface area (Å²) in [5.74, 6) is 1.64. The van der Waals surface area contributed by atoms with E-state index in [0.717, 1.165) is 32.9 Å². The Morgan fingerprint density at radius 2 is 1.83 bits per heavy atom. The highest BCUT2D eigenvalue weighted by Crippen LogP contribution is 2.25. The smallest absolute Gasteiger partial charge is 0.161 e. The highest BCUT2D eigenvalue weighted by atomic mass is 79.9. The quantitative estimate of drug-likeness (QED) is 0.915. The average molecular weight is 306 g/mol. The van der Waals surface area contributed by atoms with Crippen LogP contribution in [0.4, 0.5) is 5.82 Å². The third-order valence-electron chi connectivity index (χ3n) is 3.06. The van der Waals surface area contributed by atoms with Crippen molar-refractivity contribution in [1.82, 2.24) is 9.97 Å². The molecule has 0 aliphatic rings. The molecule has 0 fully saturated rings. The van der Waals surface area contributed by atoms with Gasteiger partial charge in [0.15, 0.2) is 5.82 Å². The van der Waals surface area contributed by atoms with Gasteiger partial charge in [-0.15, -0.1) is 0 Å². The van der Waals surface area contributed by atoms with Gasteiger partial charge in [-0.25, -0.2) is 9.97 Å². The molecular formula is C14H16BrN3. The van der Waals surface area contributed by atoms with Crippen molar-refractivity contribution in [2.24, 2.45) is 0 Å². The SMILES string of the molecule is CNc1nc(-c2ccc(C)c(Br)c2)nc(C)c1C. The Balaban J connectivity index is 2.57. The van der Waals surface area contributed by atoms with Gasteiger partial charge in [0.05, 0.1) is 0 Å². The molecule has 0 aliphatic heterocycles. The molecule has 0 unspecified atom stereocenters. The van der Waals surface area contributed by atoms with E-state index >= 15 is 0 Å². The van der Waals surface area contributed by atoms with Crippen molar-refractivity contribution in [2.75, 3.05) is 12.4 Å². The van der Waals surface area contributed by atoms with Gasteiger partial charge in [-0.2, -0.15) is 0 Å². The molecule has 0 aliphatic carbocycles. The van der Waals surface area contributed by atoms with Crippen LogP contribution >= 0.6 is 15.9 Å². The molecule has 18 heavy (non-hydrogen) atoms. The molecule has 1 heterocycles. The van der Waals surface area contributed by atoms with Crippen molar-refractivity contribution >= 4 is 21.7 Å². The van der Waals surface area contributed by atoms with E-state index < -0.39 is 0 Å². The van der Waals surface area contributed by atoms with E-state index in [1.165, 1.54) is 5.56 Å². The monoisotopic (exact) mass is 305 g/mol. The number of hydrogen-bond donors (Lipinski definition) is 1. The zero-order valence-corrected chi connectivity index (χ0v) is 12.6. The fourth-order valence-corrected chi connectivity index (χ4v) is 2.11. The minimum atomic E-state index is 0.753. The normalized spacial score (nSPS) is 10.5. The van der Waals surface area contributed by atoms with Crippen molar-refractivity contribution in [1.29, 1.82) is 0 Å². The average Bonchev–Trinajstić information content (AvgIpc) is 2.36.